The Morgan fingerprint density at radius 2 is 1.04 bits per heavy atom. The van der Waals surface area contributed by atoms with Crippen LogP contribution in [0.5, 0.6) is 0 Å². The molecule has 4 atom stereocenters. The minimum absolute atomic E-state index is 0.117. The molecule has 8 heteroatoms. The topological polar surface area (TPSA) is 127 Å². The van der Waals surface area contributed by atoms with Crippen LogP contribution in [0.15, 0.2) is 0 Å². The van der Waals surface area contributed by atoms with E-state index in [0.29, 0.717) is 12.8 Å². The van der Waals surface area contributed by atoms with Crippen LogP contribution in [0.3, 0.4) is 0 Å². The van der Waals surface area contributed by atoms with E-state index in [0.717, 1.165) is 38.5 Å². The third-order valence-corrected chi connectivity index (χ3v) is 4.39. The molecule has 8 nitrogen and oxygen atoms in total. The van der Waals surface area contributed by atoms with Gasteiger partial charge < -0.3 is 10.2 Å². The lowest BCUT2D eigenvalue weighted by Crippen LogP contribution is -2.49. The number of rotatable bonds is 15. The van der Waals surface area contributed by atoms with Gasteiger partial charge in [0.05, 0.1) is 0 Å². The summed E-state index contributed by atoms with van der Waals surface area (Å²) in [5, 5.41) is 42.6. The predicted octanol–water partition coefficient (Wildman–Crippen LogP) is 2.94. The van der Waals surface area contributed by atoms with Gasteiger partial charge in [0.2, 0.25) is 12.1 Å². The molecule has 0 rings (SSSR count). The van der Waals surface area contributed by atoms with Crippen LogP contribution in [0.25, 0.3) is 0 Å². The van der Waals surface area contributed by atoms with Crippen LogP contribution in [0, 0.1) is 20.2 Å². The van der Waals surface area contributed by atoms with Crippen LogP contribution in [-0.4, -0.2) is 44.4 Å². The number of nitro groups is 2. The monoisotopic (exact) mass is 348 g/mol. The molecule has 0 saturated heterocycles. The van der Waals surface area contributed by atoms with E-state index in [4.69, 9.17) is 0 Å². The highest BCUT2D eigenvalue weighted by atomic mass is 16.6. The predicted molar refractivity (Wildman–Crippen MR) is 91.1 cm³/mol. The normalized spacial score (nSPS) is 16.3. The maximum atomic E-state index is 11.2. The highest BCUT2D eigenvalue weighted by molar-refractivity contribution is 4.82. The Morgan fingerprint density at radius 3 is 1.29 bits per heavy atom. The van der Waals surface area contributed by atoms with Crippen molar-refractivity contribution in [2.24, 2.45) is 0 Å². The molecule has 0 aromatic carbocycles. The summed E-state index contributed by atoms with van der Waals surface area (Å²) in [6, 6.07) is -2.73. The standard InChI is InChI=1S/C16H32N2O6/c1-3-5-7-9-11-13(17(21)22)15(19)16(20)14(18(23)24)12-10-8-6-4-2/h13-16,19-20H,3-12H2,1-2H3/t13-,14-,15+,16+/m1/s1. The quantitative estimate of drug-likeness (QED) is 0.266. The number of hydrogen-bond acceptors (Lipinski definition) is 6. The van der Waals surface area contributed by atoms with Crippen molar-refractivity contribution < 1.29 is 20.1 Å². The number of aliphatic hydroxyl groups excluding tert-OH is 2. The zero-order chi connectivity index (χ0) is 18.5. The molecule has 2 N–H and O–H groups in total. The first-order valence-electron chi connectivity index (χ1n) is 8.99. The Balaban J connectivity index is 4.72. The molecule has 0 aliphatic rings. The summed E-state index contributed by atoms with van der Waals surface area (Å²) in [5.41, 5.74) is 0. The maximum absolute atomic E-state index is 11.2. The van der Waals surface area contributed by atoms with E-state index < -0.39 is 34.1 Å². The Morgan fingerprint density at radius 1 is 0.708 bits per heavy atom. The van der Waals surface area contributed by atoms with Gasteiger partial charge in [-0.25, -0.2) is 0 Å². The Labute approximate surface area is 143 Å². The second-order valence-electron chi connectivity index (χ2n) is 6.39. The van der Waals surface area contributed by atoms with Crippen LogP contribution in [-0.2, 0) is 0 Å². The van der Waals surface area contributed by atoms with Crippen molar-refractivity contribution >= 4 is 0 Å². The van der Waals surface area contributed by atoms with E-state index >= 15 is 0 Å². The molecule has 0 aliphatic heterocycles. The maximum Gasteiger partial charge on any atom is 0.241 e. The number of unbranched alkanes of at least 4 members (excludes halogenated alkanes) is 6. The van der Waals surface area contributed by atoms with Gasteiger partial charge in [0.25, 0.3) is 0 Å². The fourth-order valence-electron chi connectivity index (χ4n) is 2.82. The van der Waals surface area contributed by atoms with E-state index in [1.165, 1.54) is 0 Å². The van der Waals surface area contributed by atoms with Crippen LogP contribution >= 0.6 is 0 Å². The van der Waals surface area contributed by atoms with E-state index in [-0.39, 0.29) is 12.8 Å². The largest absolute Gasteiger partial charge is 0.383 e. The third kappa shape index (κ3) is 8.54. The molecular weight excluding hydrogens is 316 g/mol. The minimum atomic E-state index is -1.72. The van der Waals surface area contributed by atoms with Crippen molar-refractivity contribution in [2.45, 2.75) is 102 Å². The average molecular weight is 348 g/mol. The third-order valence-electron chi connectivity index (χ3n) is 4.39. The average Bonchev–Trinajstić information content (AvgIpc) is 2.53. The molecule has 0 spiro atoms. The van der Waals surface area contributed by atoms with Crippen LogP contribution in [0.1, 0.15) is 78.1 Å². The van der Waals surface area contributed by atoms with E-state index in [2.05, 4.69) is 0 Å². The first kappa shape index (κ1) is 22.7. The molecule has 0 bridgehead atoms. The van der Waals surface area contributed by atoms with Crippen molar-refractivity contribution in [1.29, 1.82) is 0 Å². The zero-order valence-electron chi connectivity index (χ0n) is 14.8. The Hall–Kier alpha value is -1.28. The highest BCUT2D eigenvalue weighted by Gasteiger charge is 2.43. The van der Waals surface area contributed by atoms with Crippen LogP contribution < -0.4 is 0 Å². The SMILES string of the molecule is CCCCCC[C@H]([C@H](O)[C@@H](O)[C@@H](CCCCCC)[N+](=O)[O-])[N+](=O)[O-]. The lowest BCUT2D eigenvalue weighted by atomic mass is 9.93. The van der Waals surface area contributed by atoms with Gasteiger partial charge in [-0.3, -0.25) is 20.2 Å². The molecule has 0 saturated carbocycles. The summed E-state index contributed by atoms with van der Waals surface area (Å²) in [4.78, 5) is 21.1. The van der Waals surface area contributed by atoms with Gasteiger partial charge in [-0.2, -0.15) is 0 Å². The summed E-state index contributed by atoms with van der Waals surface area (Å²) >= 11 is 0. The van der Waals surface area contributed by atoms with Crippen LogP contribution in [0.4, 0.5) is 0 Å². The molecule has 0 aliphatic carbocycles. The van der Waals surface area contributed by atoms with Gasteiger partial charge in [0, 0.05) is 22.7 Å². The van der Waals surface area contributed by atoms with Crippen molar-refractivity contribution in [3.05, 3.63) is 20.2 Å². The van der Waals surface area contributed by atoms with Crippen molar-refractivity contribution in [2.75, 3.05) is 0 Å². The minimum Gasteiger partial charge on any atom is -0.383 e. The molecule has 0 heterocycles. The fourth-order valence-corrected chi connectivity index (χ4v) is 2.82. The molecule has 142 valence electrons. The van der Waals surface area contributed by atoms with Gasteiger partial charge in [-0.1, -0.05) is 52.4 Å². The summed E-state index contributed by atoms with van der Waals surface area (Å²) in [6.45, 7) is 4.04. The van der Waals surface area contributed by atoms with E-state index in [1.807, 2.05) is 13.8 Å². The Kier molecular flexibility index (Phi) is 12.4. The van der Waals surface area contributed by atoms with Gasteiger partial charge in [-0.15, -0.1) is 0 Å². The summed E-state index contributed by atoms with van der Waals surface area (Å²) in [6.07, 6.45) is 3.37. The van der Waals surface area contributed by atoms with Crippen molar-refractivity contribution in [3.63, 3.8) is 0 Å². The molecule has 0 aromatic rings. The fraction of sp³-hybridized carbons (Fsp3) is 1.00. The van der Waals surface area contributed by atoms with E-state index in [1.54, 1.807) is 0 Å². The van der Waals surface area contributed by atoms with Gasteiger partial charge in [0.15, 0.2) is 12.2 Å². The number of aliphatic hydroxyl groups is 2. The zero-order valence-corrected chi connectivity index (χ0v) is 14.8. The Bertz CT molecular complexity index is 332. The van der Waals surface area contributed by atoms with Gasteiger partial charge in [0.1, 0.15) is 0 Å². The van der Waals surface area contributed by atoms with Crippen molar-refractivity contribution in [3.8, 4) is 0 Å². The molecule has 0 unspecified atom stereocenters. The smallest absolute Gasteiger partial charge is 0.241 e. The summed E-state index contributed by atoms with van der Waals surface area (Å²) in [5.74, 6) is 0. The van der Waals surface area contributed by atoms with Crippen molar-refractivity contribution in [1.82, 2.24) is 0 Å². The molecule has 0 radical (unpaired) electrons. The molecule has 0 fully saturated rings. The molecule has 0 aromatic heterocycles. The van der Waals surface area contributed by atoms with Gasteiger partial charge in [-0.05, 0) is 12.8 Å². The summed E-state index contributed by atoms with van der Waals surface area (Å²) < 4.78 is 0. The highest BCUT2D eigenvalue weighted by Crippen LogP contribution is 2.19. The first-order chi connectivity index (χ1) is 11.4. The number of nitrogens with zero attached hydrogens (tertiary/aromatic N) is 2. The summed E-state index contributed by atoms with van der Waals surface area (Å²) in [7, 11) is 0. The van der Waals surface area contributed by atoms with E-state index in [9.17, 15) is 30.4 Å². The lowest BCUT2D eigenvalue weighted by Gasteiger charge is -2.23. The molecule has 24 heavy (non-hydrogen) atoms. The molecular formula is C16H32N2O6. The second-order valence-corrected chi connectivity index (χ2v) is 6.39. The number of hydrogen-bond donors (Lipinski definition) is 2. The lowest BCUT2D eigenvalue weighted by molar-refractivity contribution is -0.559. The van der Waals surface area contributed by atoms with Crippen LogP contribution in [0.2, 0.25) is 0 Å². The van der Waals surface area contributed by atoms with Gasteiger partial charge >= 0.3 is 0 Å². The first-order valence-corrected chi connectivity index (χ1v) is 8.99. The molecule has 0 amide bonds. The second kappa shape index (κ2) is 13.1.